The number of allylic oxidation sites excluding steroid dienone is 2. The highest BCUT2D eigenvalue weighted by molar-refractivity contribution is 5.34. The maximum Gasteiger partial charge on any atom is 0.186 e. The number of aliphatic hydroxyl groups excluding tert-OH is 4. The van der Waals surface area contributed by atoms with Gasteiger partial charge in [-0.3, -0.25) is 0 Å². The minimum Gasteiger partial charge on any atom is -0.394 e. The average Bonchev–Trinajstić information content (AvgIpc) is 3.41. The highest BCUT2D eigenvalue weighted by Crippen LogP contribution is 2.79. The largest absolute Gasteiger partial charge is 0.394 e. The molecule has 0 radical (unpaired) electrons. The summed E-state index contributed by atoms with van der Waals surface area (Å²) in [6, 6.07) is 0. The molecule has 2 aliphatic heterocycles. The molecule has 5 fully saturated rings. The van der Waals surface area contributed by atoms with Gasteiger partial charge in [-0.15, -0.1) is 0 Å². The number of rotatable bonds is 9. The number of ether oxygens (including phenoxy) is 5. The van der Waals surface area contributed by atoms with Crippen molar-refractivity contribution in [2.75, 3.05) is 20.8 Å². The van der Waals surface area contributed by atoms with Crippen LogP contribution in [0.15, 0.2) is 24.3 Å². The first-order chi connectivity index (χ1) is 22.0. The van der Waals surface area contributed by atoms with Crippen LogP contribution in [0.3, 0.4) is 0 Å². The molecule has 0 aromatic heterocycles. The minimum absolute atomic E-state index is 0.0979. The van der Waals surface area contributed by atoms with Gasteiger partial charge >= 0.3 is 0 Å². The summed E-state index contributed by atoms with van der Waals surface area (Å²) < 4.78 is 31.4. The van der Waals surface area contributed by atoms with Crippen molar-refractivity contribution in [2.45, 2.75) is 148 Å². The van der Waals surface area contributed by atoms with Gasteiger partial charge in [0.05, 0.1) is 18.3 Å². The molecule has 2 saturated heterocycles. The van der Waals surface area contributed by atoms with E-state index in [4.69, 9.17) is 23.7 Å². The van der Waals surface area contributed by atoms with Crippen LogP contribution < -0.4 is 0 Å². The Bertz CT molecular complexity index is 1220. The molecule has 1 spiro atoms. The second-order valence-corrected chi connectivity index (χ2v) is 17.5. The second-order valence-electron chi connectivity index (χ2n) is 17.5. The maximum absolute atomic E-state index is 10.8. The van der Waals surface area contributed by atoms with Crippen LogP contribution in [0.2, 0.25) is 0 Å². The third kappa shape index (κ3) is 4.95. The molecule has 2 heterocycles. The van der Waals surface area contributed by atoms with Crippen molar-refractivity contribution in [1.29, 1.82) is 0 Å². The lowest BCUT2D eigenvalue weighted by molar-refractivity contribution is -0.331. The molecule has 9 nitrogen and oxygen atoms in total. The van der Waals surface area contributed by atoms with E-state index < -0.39 is 48.3 Å². The molecular formula is C38H62O9. The number of methoxy groups -OCH3 is 2. The Kier molecular flexibility index (Phi) is 9.27. The van der Waals surface area contributed by atoms with Crippen molar-refractivity contribution >= 4 is 0 Å². The Morgan fingerprint density at radius 3 is 2.34 bits per heavy atom. The normalized spacial score (nSPS) is 51.1. The Labute approximate surface area is 282 Å². The molecule has 9 heteroatoms. The van der Waals surface area contributed by atoms with Gasteiger partial charge in [0, 0.05) is 31.0 Å². The third-order valence-electron chi connectivity index (χ3n) is 15.0. The van der Waals surface area contributed by atoms with Gasteiger partial charge < -0.3 is 44.1 Å². The molecule has 0 amide bonds. The highest BCUT2D eigenvalue weighted by atomic mass is 16.7. The Hall–Kier alpha value is -0.880. The number of aliphatic hydroxyl groups is 4. The fourth-order valence-electron chi connectivity index (χ4n) is 11.9. The van der Waals surface area contributed by atoms with Crippen molar-refractivity contribution in [1.82, 2.24) is 0 Å². The summed E-state index contributed by atoms with van der Waals surface area (Å²) in [5.41, 5.74) is -1.31. The molecule has 4 N–H and O–H groups in total. The fraction of sp³-hybridized carbons (Fsp3) is 0.895. The quantitative estimate of drug-likeness (QED) is 0.259. The summed E-state index contributed by atoms with van der Waals surface area (Å²) >= 11 is 0. The fourth-order valence-corrected chi connectivity index (χ4v) is 11.9. The summed E-state index contributed by atoms with van der Waals surface area (Å²) in [7, 11) is 3.56. The first kappa shape index (κ1) is 35.9. The van der Waals surface area contributed by atoms with E-state index in [2.05, 4.69) is 72.8 Å². The molecule has 3 saturated carbocycles. The first-order valence-corrected chi connectivity index (χ1v) is 18.1. The molecule has 6 rings (SSSR count). The van der Waals surface area contributed by atoms with Gasteiger partial charge in [0.1, 0.15) is 30.0 Å². The molecule has 2 bridgehead atoms. The van der Waals surface area contributed by atoms with Gasteiger partial charge in [0.25, 0.3) is 0 Å². The average molecular weight is 663 g/mol. The molecule has 6 aliphatic rings. The van der Waals surface area contributed by atoms with E-state index in [9.17, 15) is 20.4 Å². The number of hydrogen-bond donors (Lipinski definition) is 4. The molecule has 0 aromatic carbocycles. The molecule has 4 aliphatic carbocycles. The van der Waals surface area contributed by atoms with Gasteiger partial charge in [0.15, 0.2) is 12.6 Å². The molecule has 268 valence electrons. The molecule has 15 atom stereocenters. The van der Waals surface area contributed by atoms with Gasteiger partial charge in [-0.05, 0) is 87.4 Å². The molecule has 15 unspecified atom stereocenters. The summed E-state index contributed by atoms with van der Waals surface area (Å²) in [6.07, 6.45) is 9.34. The van der Waals surface area contributed by atoms with Crippen molar-refractivity contribution in [2.24, 2.45) is 45.3 Å². The molecule has 47 heavy (non-hydrogen) atoms. The van der Waals surface area contributed by atoms with Crippen LogP contribution in [-0.4, -0.2) is 95.6 Å². The monoisotopic (exact) mass is 662 g/mol. The van der Waals surface area contributed by atoms with E-state index >= 15 is 0 Å². The van der Waals surface area contributed by atoms with E-state index in [0.29, 0.717) is 17.8 Å². The topological polar surface area (TPSA) is 127 Å². The van der Waals surface area contributed by atoms with E-state index in [1.165, 1.54) is 12.8 Å². The van der Waals surface area contributed by atoms with Gasteiger partial charge in [0.2, 0.25) is 0 Å². The zero-order chi connectivity index (χ0) is 34.4. The van der Waals surface area contributed by atoms with Crippen LogP contribution in [0.5, 0.6) is 0 Å². The smallest absolute Gasteiger partial charge is 0.186 e. The van der Waals surface area contributed by atoms with E-state index in [1.807, 2.05) is 0 Å². The van der Waals surface area contributed by atoms with Crippen LogP contribution in [0.4, 0.5) is 0 Å². The van der Waals surface area contributed by atoms with Gasteiger partial charge in [-0.25, -0.2) is 0 Å². The lowest BCUT2D eigenvalue weighted by Crippen LogP contribution is -2.66. The SMILES string of the molecule is COC1OC23C=CC4C1(CCC1(C)C(C(C)CC=CC(C)(C)OC)CCC41C)C2CCC(OC1OC(CO)C(O)C(O)C1O)C3(C)C. The highest BCUT2D eigenvalue weighted by Gasteiger charge is 2.78. The summed E-state index contributed by atoms with van der Waals surface area (Å²) in [4.78, 5) is 0. The molecule has 0 aromatic rings. The Morgan fingerprint density at radius 1 is 0.957 bits per heavy atom. The first-order valence-electron chi connectivity index (χ1n) is 18.1. The maximum atomic E-state index is 10.8. The van der Waals surface area contributed by atoms with Crippen molar-refractivity contribution < 1.29 is 44.1 Å². The van der Waals surface area contributed by atoms with Crippen LogP contribution in [0.25, 0.3) is 0 Å². The lowest BCUT2D eigenvalue weighted by Gasteiger charge is -2.65. The second kappa shape index (κ2) is 12.1. The van der Waals surface area contributed by atoms with Crippen molar-refractivity contribution in [3.8, 4) is 0 Å². The van der Waals surface area contributed by atoms with Crippen LogP contribution in [0, 0.1) is 45.3 Å². The van der Waals surface area contributed by atoms with E-state index in [0.717, 1.165) is 32.1 Å². The van der Waals surface area contributed by atoms with Crippen LogP contribution in [-0.2, 0) is 23.7 Å². The number of hydrogen-bond acceptors (Lipinski definition) is 9. The summed E-state index contributed by atoms with van der Waals surface area (Å²) in [5, 5.41) is 41.3. The van der Waals surface area contributed by atoms with E-state index in [-0.39, 0.29) is 40.2 Å². The minimum atomic E-state index is -1.48. The third-order valence-corrected chi connectivity index (χ3v) is 15.0. The Balaban J connectivity index is 1.29. The van der Waals surface area contributed by atoms with Gasteiger partial charge in [-0.2, -0.15) is 0 Å². The summed E-state index contributed by atoms with van der Waals surface area (Å²) in [6.45, 7) is 15.6. The zero-order valence-corrected chi connectivity index (χ0v) is 30.1. The van der Waals surface area contributed by atoms with Crippen molar-refractivity contribution in [3.05, 3.63) is 24.3 Å². The summed E-state index contributed by atoms with van der Waals surface area (Å²) in [5.74, 6) is 1.75. The van der Waals surface area contributed by atoms with Crippen molar-refractivity contribution in [3.63, 3.8) is 0 Å². The number of fused-ring (bicyclic) bond motifs is 2. The van der Waals surface area contributed by atoms with E-state index in [1.54, 1.807) is 14.2 Å². The molecular weight excluding hydrogens is 600 g/mol. The predicted molar refractivity (Wildman–Crippen MR) is 177 cm³/mol. The van der Waals surface area contributed by atoms with Crippen LogP contribution >= 0.6 is 0 Å². The Morgan fingerprint density at radius 2 is 1.68 bits per heavy atom. The van der Waals surface area contributed by atoms with Gasteiger partial charge in [-0.1, -0.05) is 58.9 Å². The zero-order valence-electron chi connectivity index (χ0n) is 30.1. The lowest BCUT2D eigenvalue weighted by atomic mass is 9.38. The predicted octanol–water partition coefficient (Wildman–Crippen LogP) is 4.75. The van der Waals surface area contributed by atoms with Crippen LogP contribution in [0.1, 0.15) is 93.4 Å². The standard InChI is InChI=1S/C38H62O9/c1-22(11-10-16-33(2,3)44-9)23-14-17-36(7)25-15-18-38-26(37(25,32(43-8)47-38)20-19-35(23,36)6)12-13-27(34(38,4)5)46-31-30(42)29(41)28(40)24(21-39)45-31/h10,15-16,18,22-32,39-42H,11-14,17,19-21H2,1-9H3.